The zero-order valence-corrected chi connectivity index (χ0v) is 28.0. The molecular formula is C39H48N4O3. The van der Waals surface area contributed by atoms with Gasteiger partial charge in [0.15, 0.2) is 22.8 Å². The smallest absolute Gasteiger partial charge is 0.194 e. The van der Waals surface area contributed by atoms with E-state index in [-0.39, 0.29) is 17.1 Å². The lowest BCUT2D eigenvalue weighted by Crippen LogP contribution is -2.40. The van der Waals surface area contributed by atoms with Crippen LogP contribution in [0.5, 0.6) is 11.5 Å². The third kappa shape index (κ3) is 6.15. The van der Waals surface area contributed by atoms with Crippen LogP contribution in [0.1, 0.15) is 76.5 Å². The quantitative estimate of drug-likeness (QED) is 0.140. The zero-order chi connectivity index (χ0) is 32.0. The lowest BCUT2D eigenvalue weighted by Gasteiger charge is -2.35. The molecule has 1 saturated carbocycles. The van der Waals surface area contributed by atoms with Crippen LogP contribution in [-0.4, -0.2) is 48.3 Å². The molecule has 7 nitrogen and oxygen atoms in total. The van der Waals surface area contributed by atoms with Crippen molar-refractivity contribution < 1.29 is 9.47 Å². The average Bonchev–Trinajstić information content (AvgIpc) is 3.46. The minimum absolute atomic E-state index is 0.0639. The van der Waals surface area contributed by atoms with Crippen LogP contribution in [0.2, 0.25) is 0 Å². The molecule has 2 aliphatic heterocycles. The summed E-state index contributed by atoms with van der Waals surface area (Å²) in [6.45, 7) is 8.22. The molecule has 1 fully saturated rings. The maximum absolute atomic E-state index is 14.1. The van der Waals surface area contributed by atoms with Crippen molar-refractivity contribution in [3.05, 3.63) is 88.0 Å². The van der Waals surface area contributed by atoms with Crippen LogP contribution in [-0.2, 0) is 11.2 Å². The summed E-state index contributed by atoms with van der Waals surface area (Å²) in [5, 5.41) is 10.2. The number of benzene rings is 3. The molecule has 4 aromatic rings. The molecule has 0 radical (unpaired) electrons. The molecule has 3 atom stereocenters. The molecule has 1 aromatic heterocycles. The number of pyridine rings is 1. The molecule has 0 amide bonds. The predicted octanol–water partition coefficient (Wildman–Crippen LogP) is 7.58. The number of hydrogen-bond acceptors (Lipinski definition) is 6. The van der Waals surface area contributed by atoms with Crippen LogP contribution in [0.3, 0.4) is 0 Å². The van der Waals surface area contributed by atoms with Crippen molar-refractivity contribution >= 4 is 21.7 Å². The van der Waals surface area contributed by atoms with Gasteiger partial charge in [-0.1, -0.05) is 30.3 Å². The third-order valence-electron chi connectivity index (χ3n) is 10.0. The van der Waals surface area contributed by atoms with E-state index in [9.17, 15) is 4.79 Å². The van der Waals surface area contributed by atoms with Crippen LogP contribution in [0.15, 0.2) is 71.5 Å². The van der Waals surface area contributed by atoms with E-state index >= 15 is 0 Å². The number of nitrogens with one attached hydrogen (secondary N) is 2. The van der Waals surface area contributed by atoms with Gasteiger partial charge >= 0.3 is 0 Å². The first-order chi connectivity index (χ1) is 22.1. The van der Waals surface area contributed by atoms with Gasteiger partial charge in [-0.15, -0.1) is 0 Å². The molecule has 0 bridgehead atoms. The number of nitrogens with zero attached hydrogens (tertiary/aromatic N) is 2. The Labute approximate surface area is 272 Å². The topological polar surface area (TPSA) is 67.8 Å². The van der Waals surface area contributed by atoms with Gasteiger partial charge in [-0.05, 0) is 133 Å². The van der Waals surface area contributed by atoms with Crippen molar-refractivity contribution in [1.82, 2.24) is 20.1 Å². The van der Waals surface area contributed by atoms with Crippen LogP contribution >= 0.6 is 0 Å². The molecule has 7 rings (SSSR count). The SMILES string of the molecule is CC(NCCCCN(C)C)c1cn2c3c(c(CCC4CCC(NC5=CC(C)(C)O5)C4)ccc3c1=O)Oc1cc3ccccc3cc1-2. The summed E-state index contributed by atoms with van der Waals surface area (Å²) >= 11 is 0. The molecule has 0 saturated heterocycles. The first-order valence-corrected chi connectivity index (χ1v) is 17.1. The Balaban J connectivity index is 1.18. The molecule has 46 heavy (non-hydrogen) atoms. The number of unbranched alkanes of at least 4 members (excludes halogenated alkanes) is 1. The Morgan fingerprint density at radius 3 is 2.61 bits per heavy atom. The van der Waals surface area contributed by atoms with Gasteiger partial charge in [0.25, 0.3) is 0 Å². The van der Waals surface area contributed by atoms with Gasteiger partial charge in [0, 0.05) is 29.9 Å². The average molecular weight is 621 g/mol. The predicted molar refractivity (Wildman–Crippen MR) is 187 cm³/mol. The van der Waals surface area contributed by atoms with Crippen molar-refractivity contribution in [3.63, 3.8) is 0 Å². The van der Waals surface area contributed by atoms with Crippen LogP contribution in [0, 0.1) is 5.92 Å². The molecule has 1 aliphatic carbocycles. The van der Waals surface area contributed by atoms with Gasteiger partial charge < -0.3 is 29.6 Å². The summed E-state index contributed by atoms with van der Waals surface area (Å²) in [4.78, 5) is 16.3. The fourth-order valence-corrected chi connectivity index (χ4v) is 7.53. The molecule has 3 unspecified atom stereocenters. The van der Waals surface area contributed by atoms with Crippen molar-refractivity contribution in [1.29, 1.82) is 0 Å². The normalized spacial score (nSPS) is 20.2. The van der Waals surface area contributed by atoms with Gasteiger partial charge in [0.05, 0.1) is 11.1 Å². The van der Waals surface area contributed by atoms with E-state index in [1.54, 1.807) is 0 Å². The number of aromatic nitrogens is 1. The van der Waals surface area contributed by atoms with Crippen molar-refractivity contribution in [3.8, 4) is 17.2 Å². The van der Waals surface area contributed by atoms with Gasteiger partial charge in [-0.2, -0.15) is 0 Å². The first kappa shape index (κ1) is 30.8. The van der Waals surface area contributed by atoms with Crippen LogP contribution in [0.25, 0.3) is 27.4 Å². The second kappa shape index (κ2) is 12.4. The largest absolute Gasteiger partial charge is 0.469 e. The molecule has 2 N–H and O–H groups in total. The molecule has 3 heterocycles. The van der Waals surface area contributed by atoms with E-state index in [0.717, 1.165) is 102 Å². The highest BCUT2D eigenvalue weighted by Crippen LogP contribution is 2.44. The lowest BCUT2D eigenvalue weighted by atomic mass is 9.95. The van der Waals surface area contributed by atoms with Gasteiger partial charge in [0.2, 0.25) is 0 Å². The molecule has 3 aliphatic rings. The fourth-order valence-electron chi connectivity index (χ4n) is 7.53. The van der Waals surface area contributed by atoms with Crippen LogP contribution in [0.4, 0.5) is 0 Å². The molecule has 0 spiro atoms. The summed E-state index contributed by atoms with van der Waals surface area (Å²) in [5.41, 5.74) is 3.76. The van der Waals surface area contributed by atoms with Crippen molar-refractivity contribution in [2.75, 3.05) is 27.2 Å². The third-order valence-corrected chi connectivity index (χ3v) is 10.0. The lowest BCUT2D eigenvalue weighted by molar-refractivity contribution is 0.0101. The maximum Gasteiger partial charge on any atom is 0.194 e. The Morgan fingerprint density at radius 2 is 1.85 bits per heavy atom. The minimum atomic E-state index is -0.148. The Morgan fingerprint density at radius 1 is 1.07 bits per heavy atom. The highest BCUT2D eigenvalue weighted by atomic mass is 16.5. The highest BCUT2D eigenvalue weighted by Gasteiger charge is 2.33. The second-order valence-electron chi connectivity index (χ2n) is 14.5. The van der Waals surface area contributed by atoms with Gasteiger partial charge in [-0.25, -0.2) is 0 Å². The van der Waals surface area contributed by atoms with E-state index in [0.29, 0.717) is 12.0 Å². The van der Waals surface area contributed by atoms with Gasteiger partial charge in [0.1, 0.15) is 11.1 Å². The standard InChI is InChI=1S/C39H48N4O3/c1-25(40-18-8-9-19-42(4)5)32-24-43-33-21-28-10-6-7-11-29(28)22-34(33)45-38-27(15-17-31(36(38)43)37(32)44)14-12-26-13-16-30(20-26)41-35-23-39(2,3)46-35/h6-7,10-11,15,17,21-26,30,40-41H,8-9,12-14,16,18-20H2,1-5H3. The van der Waals surface area contributed by atoms with E-state index < -0.39 is 0 Å². The summed E-state index contributed by atoms with van der Waals surface area (Å²) in [7, 11) is 4.21. The zero-order valence-electron chi connectivity index (χ0n) is 28.0. The second-order valence-corrected chi connectivity index (χ2v) is 14.5. The minimum Gasteiger partial charge on any atom is -0.469 e. The molecule has 242 valence electrons. The maximum atomic E-state index is 14.1. The first-order valence-electron chi connectivity index (χ1n) is 17.1. The summed E-state index contributed by atoms with van der Waals surface area (Å²) in [5.74, 6) is 3.24. The summed E-state index contributed by atoms with van der Waals surface area (Å²) in [6.07, 6.45) is 12.0. The summed E-state index contributed by atoms with van der Waals surface area (Å²) in [6, 6.07) is 17.3. The van der Waals surface area contributed by atoms with E-state index in [4.69, 9.17) is 9.47 Å². The number of rotatable bonds is 12. The summed E-state index contributed by atoms with van der Waals surface area (Å²) < 4.78 is 14.9. The van der Waals surface area contributed by atoms with Crippen molar-refractivity contribution in [2.45, 2.75) is 83.4 Å². The van der Waals surface area contributed by atoms with Crippen LogP contribution < -0.4 is 20.8 Å². The Hall–Kier alpha value is -3.81. The number of fused-ring (bicyclic) bond motifs is 3. The van der Waals surface area contributed by atoms with E-state index in [1.165, 1.54) is 12.0 Å². The number of ether oxygens (including phenoxy) is 2. The number of hydrogen-bond donors (Lipinski definition) is 2. The fraction of sp³-hybridized carbons (Fsp3) is 0.462. The molecule has 7 heteroatoms. The Bertz CT molecular complexity index is 1860. The number of aryl methyl sites for hydroxylation is 1. The Kier molecular flexibility index (Phi) is 8.32. The van der Waals surface area contributed by atoms with Gasteiger partial charge in [-0.3, -0.25) is 4.79 Å². The highest BCUT2D eigenvalue weighted by molar-refractivity contribution is 5.94. The van der Waals surface area contributed by atoms with E-state index in [1.807, 2.05) is 6.07 Å². The van der Waals surface area contributed by atoms with E-state index in [2.05, 4.69) is 110 Å². The van der Waals surface area contributed by atoms with Crippen molar-refractivity contribution in [2.24, 2.45) is 5.92 Å². The molecule has 3 aromatic carbocycles. The monoisotopic (exact) mass is 620 g/mol. The molecular weight excluding hydrogens is 572 g/mol.